The Morgan fingerprint density at radius 2 is 1.87 bits per heavy atom. The molecule has 1 aromatic rings. The molecule has 0 amide bonds. The summed E-state index contributed by atoms with van der Waals surface area (Å²) < 4.78 is 61.2. The van der Waals surface area contributed by atoms with Gasteiger partial charge in [0.1, 0.15) is 5.69 Å². The number of pyridine rings is 1. The van der Waals surface area contributed by atoms with E-state index < -0.39 is 35.1 Å². The van der Waals surface area contributed by atoms with Crippen molar-refractivity contribution in [1.82, 2.24) is 4.98 Å². The lowest BCUT2D eigenvalue weighted by molar-refractivity contribution is -0.141. The van der Waals surface area contributed by atoms with Gasteiger partial charge in [0.15, 0.2) is 0 Å². The minimum Gasteiger partial charge on any atom is -0.398 e. The van der Waals surface area contributed by atoms with E-state index in [1.54, 1.807) is 0 Å². The molecular formula is C8H7F5N2. The minimum absolute atomic E-state index is 0.454. The number of hydrogen-bond donors (Lipinski definition) is 1. The average Bonchev–Trinajstić information content (AvgIpc) is 2.06. The largest absolute Gasteiger partial charge is 0.433 e. The molecule has 15 heavy (non-hydrogen) atoms. The van der Waals surface area contributed by atoms with E-state index in [0.29, 0.717) is 6.20 Å². The van der Waals surface area contributed by atoms with Crippen LogP contribution in [0.25, 0.3) is 0 Å². The van der Waals surface area contributed by atoms with Gasteiger partial charge in [-0.1, -0.05) is 0 Å². The van der Waals surface area contributed by atoms with Crippen LogP contribution in [0.3, 0.4) is 0 Å². The summed E-state index contributed by atoms with van der Waals surface area (Å²) in [5.74, 6) is 0. The van der Waals surface area contributed by atoms with E-state index in [0.717, 1.165) is 6.92 Å². The maximum atomic E-state index is 12.3. The van der Waals surface area contributed by atoms with Gasteiger partial charge in [0.05, 0.1) is 5.56 Å². The molecule has 0 bridgehead atoms. The first-order chi connectivity index (χ1) is 6.75. The molecule has 0 saturated heterocycles. The quantitative estimate of drug-likeness (QED) is 0.747. The summed E-state index contributed by atoms with van der Waals surface area (Å²) in [6, 6.07) is 0. The van der Waals surface area contributed by atoms with Crippen LogP contribution < -0.4 is 5.73 Å². The Morgan fingerprint density at radius 3 is 2.27 bits per heavy atom. The Kier molecular flexibility index (Phi) is 2.83. The summed E-state index contributed by atoms with van der Waals surface area (Å²) in [5.41, 5.74) is 2.21. The van der Waals surface area contributed by atoms with Gasteiger partial charge in [-0.15, -0.1) is 0 Å². The zero-order valence-corrected chi connectivity index (χ0v) is 7.57. The molecule has 0 saturated carbocycles. The molecule has 1 aromatic heterocycles. The highest BCUT2D eigenvalue weighted by Crippen LogP contribution is 2.35. The molecule has 0 atom stereocenters. The summed E-state index contributed by atoms with van der Waals surface area (Å²) in [6.07, 6.45) is -7.16. The van der Waals surface area contributed by atoms with Crippen LogP contribution in [0, 0.1) is 6.92 Å². The molecule has 0 unspecified atom stereocenters. The van der Waals surface area contributed by atoms with Gasteiger partial charge in [-0.05, 0) is 6.92 Å². The molecule has 7 heteroatoms. The molecule has 84 valence electrons. The molecule has 0 spiro atoms. The number of rotatable bonds is 1. The van der Waals surface area contributed by atoms with Crippen LogP contribution in [0.5, 0.6) is 0 Å². The molecule has 0 radical (unpaired) electrons. The Hall–Kier alpha value is -1.40. The summed E-state index contributed by atoms with van der Waals surface area (Å²) in [4.78, 5) is 2.95. The lowest BCUT2D eigenvalue weighted by Gasteiger charge is -2.13. The summed E-state index contributed by atoms with van der Waals surface area (Å²) in [6.45, 7) is 1.01. The summed E-state index contributed by atoms with van der Waals surface area (Å²) in [5, 5.41) is 0. The first-order valence-electron chi connectivity index (χ1n) is 3.85. The van der Waals surface area contributed by atoms with Gasteiger partial charge in [-0.25, -0.2) is 8.78 Å². The van der Waals surface area contributed by atoms with Crippen LogP contribution in [0.15, 0.2) is 6.20 Å². The van der Waals surface area contributed by atoms with Crippen LogP contribution in [0.4, 0.5) is 27.6 Å². The highest BCUT2D eigenvalue weighted by Gasteiger charge is 2.35. The normalized spacial score (nSPS) is 12.2. The second-order valence-electron chi connectivity index (χ2n) is 2.90. The van der Waals surface area contributed by atoms with Crippen LogP contribution >= 0.6 is 0 Å². The molecule has 2 N–H and O–H groups in total. The lowest BCUT2D eigenvalue weighted by atomic mass is 10.1. The van der Waals surface area contributed by atoms with E-state index in [4.69, 9.17) is 5.73 Å². The first kappa shape index (κ1) is 11.7. The third-order valence-corrected chi connectivity index (χ3v) is 1.91. The molecule has 0 aliphatic rings. The summed E-state index contributed by atoms with van der Waals surface area (Å²) >= 11 is 0. The smallest absolute Gasteiger partial charge is 0.398 e. The van der Waals surface area contributed by atoms with E-state index in [1.807, 2.05) is 0 Å². The Bertz CT molecular complexity index is 372. The van der Waals surface area contributed by atoms with Crippen LogP contribution in [0.1, 0.15) is 23.2 Å². The monoisotopic (exact) mass is 226 g/mol. The Balaban J connectivity index is 3.34. The van der Waals surface area contributed by atoms with Crippen molar-refractivity contribution < 1.29 is 22.0 Å². The fraction of sp³-hybridized carbons (Fsp3) is 0.375. The van der Waals surface area contributed by atoms with Gasteiger partial charge in [0, 0.05) is 17.4 Å². The van der Waals surface area contributed by atoms with E-state index in [-0.39, 0.29) is 0 Å². The van der Waals surface area contributed by atoms with Gasteiger partial charge >= 0.3 is 6.18 Å². The number of nitrogens with zero attached hydrogens (tertiary/aromatic N) is 1. The van der Waals surface area contributed by atoms with Crippen LogP contribution in [-0.4, -0.2) is 4.98 Å². The van der Waals surface area contributed by atoms with Crippen molar-refractivity contribution in [2.75, 3.05) is 5.73 Å². The van der Waals surface area contributed by atoms with Crippen molar-refractivity contribution in [2.24, 2.45) is 0 Å². The average molecular weight is 226 g/mol. The number of anilines is 1. The summed E-state index contributed by atoms with van der Waals surface area (Å²) in [7, 11) is 0. The molecule has 1 heterocycles. The van der Waals surface area contributed by atoms with E-state index >= 15 is 0 Å². The molecule has 1 rings (SSSR count). The van der Waals surface area contributed by atoms with Crippen molar-refractivity contribution in [3.63, 3.8) is 0 Å². The number of aromatic nitrogens is 1. The third kappa shape index (κ3) is 2.16. The van der Waals surface area contributed by atoms with E-state index in [1.165, 1.54) is 0 Å². The maximum absolute atomic E-state index is 12.3. The van der Waals surface area contributed by atoms with E-state index in [2.05, 4.69) is 4.98 Å². The third-order valence-electron chi connectivity index (χ3n) is 1.91. The molecule has 0 aliphatic heterocycles. The predicted molar refractivity (Wildman–Crippen MR) is 43.3 cm³/mol. The lowest BCUT2D eigenvalue weighted by Crippen LogP contribution is -2.13. The molecule has 0 fully saturated rings. The fourth-order valence-electron chi connectivity index (χ4n) is 1.10. The maximum Gasteiger partial charge on any atom is 0.433 e. The Labute approximate surface area is 81.9 Å². The number of alkyl halides is 5. The standard InChI is InChI=1S/C8H7F5N2/c1-3-5(14)4(7(9)10)2-15-6(3)8(11,12)13/h2,7H,1H3,(H2,14,15). The zero-order chi connectivity index (χ0) is 11.8. The molecule has 0 aromatic carbocycles. The number of nitrogens with two attached hydrogens (primary N) is 1. The second kappa shape index (κ2) is 3.63. The van der Waals surface area contributed by atoms with Crippen molar-refractivity contribution in [3.05, 3.63) is 23.0 Å². The predicted octanol–water partition coefficient (Wildman–Crippen LogP) is 2.93. The second-order valence-corrected chi connectivity index (χ2v) is 2.90. The van der Waals surface area contributed by atoms with E-state index in [9.17, 15) is 22.0 Å². The molecule has 0 aliphatic carbocycles. The van der Waals surface area contributed by atoms with Crippen molar-refractivity contribution in [2.45, 2.75) is 19.5 Å². The topological polar surface area (TPSA) is 38.9 Å². The fourth-order valence-corrected chi connectivity index (χ4v) is 1.10. The van der Waals surface area contributed by atoms with Crippen LogP contribution in [0.2, 0.25) is 0 Å². The highest BCUT2D eigenvalue weighted by molar-refractivity contribution is 5.55. The van der Waals surface area contributed by atoms with Gasteiger partial charge in [-0.2, -0.15) is 13.2 Å². The van der Waals surface area contributed by atoms with Crippen molar-refractivity contribution >= 4 is 5.69 Å². The highest BCUT2D eigenvalue weighted by atomic mass is 19.4. The van der Waals surface area contributed by atoms with Crippen molar-refractivity contribution in [3.8, 4) is 0 Å². The van der Waals surface area contributed by atoms with Gasteiger partial charge in [-0.3, -0.25) is 4.98 Å². The van der Waals surface area contributed by atoms with Gasteiger partial charge < -0.3 is 5.73 Å². The van der Waals surface area contributed by atoms with Gasteiger partial charge in [0.25, 0.3) is 6.43 Å². The number of nitrogen functional groups attached to an aromatic ring is 1. The Morgan fingerprint density at radius 1 is 1.33 bits per heavy atom. The van der Waals surface area contributed by atoms with Crippen molar-refractivity contribution in [1.29, 1.82) is 0 Å². The molecule has 2 nitrogen and oxygen atoms in total. The minimum atomic E-state index is -4.68. The zero-order valence-electron chi connectivity index (χ0n) is 7.57. The number of hydrogen-bond acceptors (Lipinski definition) is 2. The SMILES string of the molecule is Cc1c(C(F)(F)F)ncc(C(F)F)c1N. The van der Waals surface area contributed by atoms with Gasteiger partial charge in [0.2, 0.25) is 0 Å². The first-order valence-corrected chi connectivity index (χ1v) is 3.85. The number of halogens is 5. The van der Waals surface area contributed by atoms with Crippen LogP contribution in [-0.2, 0) is 6.18 Å². The molecular weight excluding hydrogens is 219 g/mol.